The second kappa shape index (κ2) is 7.55. The van der Waals surface area contributed by atoms with Gasteiger partial charge in [-0.15, -0.1) is 0 Å². The molecule has 2 aromatic rings. The highest BCUT2D eigenvalue weighted by Crippen LogP contribution is 2.42. The Morgan fingerprint density at radius 1 is 1.11 bits per heavy atom. The molecule has 0 bridgehead atoms. The maximum atomic E-state index is 12.4. The maximum Gasteiger partial charge on any atom is 0.286 e. The predicted octanol–water partition coefficient (Wildman–Crippen LogP) is 4.47. The molecule has 146 valence electrons. The molecule has 0 saturated carbocycles. The second-order valence-corrected chi connectivity index (χ2v) is 8.40. The SMILES string of the molecule is O=[N+]1Oc2cc3c(cc2C1CCC1CCN(Cc2ccccc2)CC1)CCN3. The monoisotopic (exact) mass is 378 g/mol. The summed E-state index contributed by atoms with van der Waals surface area (Å²) in [7, 11) is 0. The molecular formula is C23H28N3O2+. The van der Waals surface area contributed by atoms with Crippen LogP contribution in [-0.2, 0) is 13.0 Å². The zero-order valence-corrected chi connectivity index (χ0v) is 16.3. The van der Waals surface area contributed by atoms with Crippen LogP contribution in [0, 0.1) is 10.8 Å². The van der Waals surface area contributed by atoms with Gasteiger partial charge in [-0.2, -0.15) is 4.84 Å². The van der Waals surface area contributed by atoms with E-state index in [0.29, 0.717) is 5.92 Å². The van der Waals surface area contributed by atoms with Crippen LogP contribution in [0.5, 0.6) is 5.75 Å². The average molecular weight is 378 g/mol. The molecule has 5 rings (SSSR count). The predicted molar refractivity (Wildman–Crippen MR) is 109 cm³/mol. The molecule has 1 N–H and O–H groups in total. The van der Waals surface area contributed by atoms with Gasteiger partial charge >= 0.3 is 0 Å². The number of benzene rings is 2. The van der Waals surface area contributed by atoms with Gasteiger partial charge < -0.3 is 5.32 Å². The van der Waals surface area contributed by atoms with Gasteiger partial charge in [0.2, 0.25) is 10.7 Å². The van der Waals surface area contributed by atoms with Gasteiger partial charge in [-0.3, -0.25) is 4.90 Å². The molecule has 5 heteroatoms. The first-order chi connectivity index (χ1) is 13.8. The lowest BCUT2D eigenvalue weighted by molar-refractivity contribution is -0.780. The summed E-state index contributed by atoms with van der Waals surface area (Å²) in [6.07, 6.45) is 5.46. The Kier molecular flexibility index (Phi) is 4.77. The van der Waals surface area contributed by atoms with Gasteiger partial charge in [0.05, 0.1) is 10.5 Å². The Bertz CT molecular complexity index is 860. The van der Waals surface area contributed by atoms with E-state index in [1.165, 1.54) is 24.0 Å². The summed E-state index contributed by atoms with van der Waals surface area (Å²) in [5.41, 5.74) is 4.92. The number of likely N-dealkylation sites (tertiary alicyclic amines) is 1. The number of fused-ring (bicyclic) bond motifs is 2. The molecule has 1 saturated heterocycles. The largest absolute Gasteiger partial charge is 0.384 e. The minimum atomic E-state index is -0.150. The molecule has 3 aliphatic rings. The summed E-state index contributed by atoms with van der Waals surface area (Å²) in [5.74, 6) is 1.45. The molecule has 1 fully saturated rings. The van der Waals surface area contributed by atoms with Crippen molar-refractivity contribution >= 4 is 5.69 Å². The van der Waals surface area contributed by atoms with Crippen LogP contribution in [0.3, 0.4) is 0 Å². The molecule has 1 atom stereocenters. The van der Waals surface area contributed by atoms with Crippen molar-refractivity contribution in [1.29, 1.82) is 0 Å². The van der Waals surface area contributed by atoms with Gasteiger partial charge in [-0.05, 0) is 61.9 Å². The molecule has 28 heavy (non-hydrogen) atoms. The van der Waals surface area contributed by atoms with Crippen molar-refractivity contribution < 1.29 is 9.76 Å². The minimum absolute atomic E-state index is 0.150. The lowest BCUT2D eigenvalue weighted by Gasteiger charge is -2.32. The van der Waals surface area contributed by atoms with Crippen molar-refractivity contribution in [3.63, 3.8) is 0 Å². The van der Waals surface area contributed by atoms with Crippen molar-refractivity contribution in [3.05, 3.63) is 64.1 Å². The van der Waals surface area contributed by atoms with Crippen LogP contribution in [0.4, 0.5) is 5.69 Å². The third-order valence-corrected chi connectivity index (χ3v) is 6.55. The Hall–Kier alpha value is -2.40. The molecule has 1 unspecified atom stereocenters. The van der Waals surface area contributed by atoms with Crippen LogP contribution in [0.15, 0.2) is 42.5 Å². The van der Waals surface area contributed by atoms with Gasteiger partial charge in [0.15, 0.2) is 0 Å². The summed E-state index contributed by atoms with van der Waals surface area (Å²) < 4.78 is 0. The van der Waals surface area contributed by atoms with Crippen LogP contribution in [0.2, 0.25) is 0 Å². The van der Waals surface area contributed by atoms with Crippen LogP contribution in [-0.4, -0.2) is 29.5 Å². The number of piperidine rings is 1. The minimum Gasteiger partial charge on any atom is -0.384 e. The van der Waals surface area contributed by atoms with Crippen molar-refractivity contribution in [1.82, 2.24) is 4.90 Å². The highest BCUT2D eigenvalue weighted by Gasteiger charge is 2.42. The van der Waals surface area contributed by atoms with E-state index in [4.69, 9.17) is 4.84 Å². The van der Waals surface area contributed by atoms with E-state index in [1.54, 1.807) is 0 Å². The normalized spacial score (nSPS) is 21.9. The molecule has 0 spiro atoms. The number of hydrogen-bond acceptors (Lipinski definition) is 4. The van der Waals surface area contributed by atoms with E-state index in [0.717, 1.165) is 67.4 Å². The topological polar surface area (TPSA) is 44.6 Å². The Balaban J connectivity index is 1.15. The molecule has 5 nitrogen and oxygen atoms in total. The first kappa shape index (κ1) is 17.7. The fourth-order valence-electron chi connectivity index (χ4n) is 4.89. The van der Waals surface area contributed by atoms with Gasteiger partial charge in [0.25, 0.3) is 6.04 Å². The zero-order valence-electron chi connectivity index (χ0n) is 16.3. The molecule has 0 radical (unpaired) electrons. The molecule has 0 aliphatic carbocycles. The average Bonchev–Trinajstić information content (AvgIpc) is 3.29. The highest BCUT2D eigenvalue weighted by molar-refractivity contribution is 5.61. The van der Waals surface area contributed by atoms with E-state index in [9.17, 15) is 4.91 Å². The van der Waals surface area contributed by atoms with Crippen LogP contribution in [0.25, 0.3) is 0 Å². The van der Waals surface area contributed by atoms with Gasteiger partial charge in [-0.1, -0.05) is 30.3 Å². The van der Waals surface area contributed by atoms with Gasteiger partial charge in [0, 0.05) is 31.3 Å². The van der Waals surface area contributed by atoms with Crippen LogP contribution in [0.1, 0.15) is 48.4 Å². The van der Waals surface area contributed by atoms with E-state index < -0.39 is 0 Å². The van der Waals surface area contributed by atoms with Crippen molar-refractivity contribution in [2.45, 2.75) is 44.7 Å². The van der Waals surface area contributed by atoms with Crippen molar-refractivity contribution in [3.8, 4) is 5.75 Å². The molecule has 0 amide bonds. The van der Waals surface area contributed by atoms with E-state index in [1.807, 2.05) is 6.07 Å². The van der Waals surface area contributed by atoms with Gasteiger partial charge in [0.1, 0.15) is 0 Å². The Morgan fingerprint density at radius 3 is 2.75 bits per heavy atom. The van der Waals surface area contributed by atoms with E-state index >= 15 is 0 Å². The highest BCUT2D eigenvalue weighted by atomic mass is 16.8. The first-order valence-corrected chi connectivity index (χ1v) is 10.6. The zero-order chi connectivity index (χ0) is 18.9. The number of anilines is 1. The lowest BCUT2D eigenvalue weighted by Crippen LogP contribution is -2.33. The van der Waals surface area contributed by atoms with Gasteiger partial charge in [-0.25, -0.2) is 0 Å². The summed E-state index contributed by atoms with van der Waals surface area (Å²) in [6, 6.07) is 14.8. The summed E-state index contributed by atoms with van der Waals surface area (Å²) in [4.78, 5) is 21.2. The fourth-order valence-corrected chi connectivity index (χ4v) is 4.89. The van der Waals surface area contributed by atoms with E-state index in [-0.39, 0.29) is 6.04 Å². The maximum absolute atomic E-state index is 12.4. The summed E-state index contributed by atoms with van der Waals surface area (Å²) in [6.45, 7) is 4.32. The van der Waals surface area contributed by atoms with Crippen LogP contribution >= 0.6 is 0 Å². The summed E-state index contributed by atoms with van der Waals surface area (Å²) in [5, 5.41) is 3.36. The number of nitrogens with zero attached hydrogens (tertiary/aromatic N) is 2. The summed E-state index contributed by atoms with van der Waals surface area (Å²) >= 11 is 0. The smallest absolute Gasteiger partial charge is 0.286 e. The third kappa shape index (κ3) is 3.51. The quantitative estimate of drug-likeness (QED) is 0.833. The van der Waals surface area contributed by atoms with Crippen molar-refractivity contribution in [2.24, 2.45) is 5.92 Å². The number of nitrogens with one attached hydrogen (secondary N) is 1. The molecule has 2 aromatic carbocycles. The lowest BCUT2D eigenvalue weighted by atomic mass is 9.88. The van der Waals surface area contributed by atoms with Crippen molar-refractivity contribution in [2.75, 3.05) is 25.0 Å². The number of hydrogen-bond donors (Lipinski definition) is 1. The second-order valence-electron chi connectivity index (χ2n) is 8.40. The molecular weight excluding hydrogens is 350 g/mol. The molecule has 3 aliphatic heterocycles. The molecule has 0 aromatic heterocycles. The first-order valence-electron chi connectivity index (χ1n) is 10.6. The van der Waals surface area contributed by atoms with Crippen LogP contribution < -0.4 is 10.2 Å². The third-order valence-electron chi connectivity index (χ3n) is 6.55. The standard InChI is InChI=1S/C23H28N3O2/c27-26-22(20-14-19-8-11-24-21(19)15-23(20)28-26)7-6-17-9-12-25(13-10-17)16-18-4-2-1-3-5-18/h1-5,14-15,17,22,24H,6-13,16H2/q+1. The Morgan fingerprint density at radius 2 is 1.93 bits per heavy atom. The Labute approximate surface area is 166 Å². The van der Waals surface area contributed by atoms with E-state index in [2.05, 4.69) is 46.6 Å². The fraction of sp³-hybridized carbons (Fsp3) is 0.478. The number of rotatable bonds is 5. The molecule has 3 heterocycles.